The fourth-order valence-electron chi connectivity index (χ4n) is 12.9. The highest BCUT2D eigenvalue weighted by Crippen LogP contribution is 2.40. The highest BCUT2D eigenvalue weighted by atomic mass is 28.3. The van der Waals surface area contributed by atoms with Crippen molar-refractivity contribution in [3.8, 4) is 22.5 Å². The summed E-state index contributed by atoms with van der Waals surface area (Å²) in [6.07, 6.45) is 0. The second-order valence-corrected chi connectivity index (χ2v) is 27.5. The van der Waals surface area contributed by atoms with E-state index in [1.54, 1.807) is 0 Å². The Morgan fingerprint density at radius 1 is 0.211 bits per heavy atom. The largest absolute Gasteiger partial charge is 0.309 e. The summed E-state index contributed by atoms with van der Waals surface area (Å²) in [6, 6.07) is 118. The third-order valence-electron chi connectivity index (χ3n) is 16.0. The minimum absolute atomic E-state index is 1.13. The quantitative estimate of drug-likeness (QED) is 0.0903. The number of para-hydroxylation sites is 2. The minimum atomic E-state index is -3.03. The highest BCUT2D eigenvalue weighted by Gasteiger charge is 2.44. The van der Waals surface area contributed by atoms with Gasteiger partial charge in [-0.15, -0.1) is 0 Å². The Kier molecular flexibility index (Phi) is 11.2. The lowest BCUT2D eigenvalue weighted by atomic mass is 10.1. The molecule has 0 spiro atoms. The number of fused-ring (bicyclic) bond motifs is 6. The van der Waals surface area contributed by atoms with Gasteiger partial charge in [-0.3, -0.25) is 0 Å². The molecule has 0 N–H and O–H groups in total. The van der Waals surface area contributed by atoms with Crippen LogP contribution in [0, 0.1) is 0 Å². The van der Waals surface area contributed by atoms with Crippen LogP contribution in [0.5, 0.6) is 0 Å². The maximum absolute atomic E-state index is 3.03. The molecule has 0 atom stereocenters. The Morgan fingerprint density at radius 3 is 1.07 bits per heavy atom. The van der Waals surface area contributed by atoms with E-state index in [9.17, 15) is 0 Å². The number of benzene rings is 12. The van der Waals surface area contributed by atoms with Gasteiger partial charge in [0.15, 0.2) is 16.1 Å². The molecule has 0 aliphatic carbocycles. The maximum Gasteiger partial charge on any atom is 0.180 e. The van der Waals surface area contributed by atoms with Gasteiger partial charge in [0, 0.05) is 27.2 Å². The predicted octanol–water partition coefficient (Wildman–Crippen LogP) is 12.3. The summed E-state index contributed by atoms with van der Waals surface area (Å²) in [6.45, 7) is 0. The Bertz CT molecular complexity index is 4210. The van der Waals surface area contributed by atoms with E-state index in [1.165, 1.54) is 96.2 Å². The first kappa shape index (κ1) is 45.3. The first-order valence-electron chi connectivity index (χ1n) is 26.3. The van der Waals surface area contributed by atoms with Crippen molar-refractivity contribution in [1.82, 2.24) is 9.13 Å². The van der Waals surface area contributed by atoms with Crippen molar-refractivity contribution < 1.29 is 0 Å². The standard InChI is InChI=1S/C72H52N2Si2/c1-7-25-53(26-8-1)54-45-49-62(50-46-54)76(59-33-15-5-16-34-59,60-35-17-6-18-36-60)70-44-24-43-69-72(70)64-38-20-22-40-66(64)74(69)68-42-23-41-67-71(68)63-37-19-21-39-65(63)73(67)55-47-51-61(52-48-55)75(56-27-9-2-10-28-56,57-29-11-3-12-30-57)58-31-13-4-14-32-58/h1-52H. The molecule has 12 aromatic carbocycles. The van der Waals surface area contributed by atoms with Crippen molar-refractivity contribution in [2.45, 2.75) is 0 Å². The van der Waals surface area contributed by atoms with E-state index in [4.69, 9.17) is 0 Å². The summed E-state index contributed by atoms with van der Waals surface area (Å²) < 4.78 is 5.04. The lowest BCUT2D eigenvalue weighted by molar-refractivity contribution is 1.17. The molecule has 0 aliphatic rings. The Hall–Kier alpha value is -9.33. The lowest BCUT2D eigenvalue weighted by Gasteiger charge is -2.35. The summed E-state index contributed by atoms with van der Waals surface area (Å²) >= 11 is 0. The molecule has 14 rings (SSSR count). The average Bonchev–Trinajstić information content (AvgIpc) is 4.18. The van der Waals surface area contributed by atoms with Crippen molar-refractivity contribution in [3.05, 3.63) is 315 Å². The van der Waals surface area contributed by atoms with Crippen molar-refractivity contribution in [2.24, 2.45) is 0 Å². The van der Waals surface area contributed by atoms with E-state index in [0.717, 1.165) is 11.4 Å². The zero-order valence-electron chi connectivity index (χ0n) is 41.9. The van der Waals surface area contributed by atoms with Gasteiger partial charge in [-0.1, -0.05) is 273 Å². The van der Waals surface area contributed by atoms with E-state index in [-0.39, 0.29) is 0 Å². The first-order chi connectivity index (χ1) is 37.7. The van der Waals surface area contributed by atoms with E-state index in [1.807, 2.05) is 0 Å². The van der Waals surface area contributed by atoms with Crippen molar-refractivity contribution in [2.75, 3.05) is 0 Å². The summed E-state index contributed by atoms with van der Waals surface area (Å²) in [5.74, 6) is 0. The molecular formula is C72H52N2Si2. The monoisotopic (exact) mass is 1000 g/mol. The smallest absolute Gasteiger partial charge is 0.180 e. The molecule has 358 valence electrons. The van der Waals surface area contributed by atoms with Crippen LogP contribution in [0.2, 0.25) is 0 Å². The average molecular weight is 1000 g/mol. The molecule has 76 heavy (non-hydrogen) atoms. The molecule has 14 aromatic rings. The third-order valence-corrected chi connectivity index (χ3v) is 25.7. The molecule has 0 saturated carbocycles. The SMILES string of the molecule is c1ccc(-c2ccc([Si](c3ccccc3)(c3ccccc3)c3cccc4c3c3ccccc3n4-c3cccc4c3c3ccccc3n4-c3ccc([Si](c4ccccc4)(c4ccccc4)c4ccccc4)cc3)cc2)cc1. The zero-order chi connectivity index (χ0) is 50.5. The highest BCUT2D eigenvalue weighted by molar-refractivity contribution is 7.21. The van der Waals surface area contributed by atoms with Crippen LogP contribution < -0.4 is 41.5 Å². The Morgan fingerprint density at radius 2 is 0.553 bits per heavy atom. The van der Waals surface area contributed by atoms with Gasteiger partial charge in [-0.2, -0.15) is 0 Å². The van der Waals surface area contributed by atoms with Crippen molar-refractivity contribution >= 4 is 101 Å². The van der Waals surface area contributed by atoms with Crippen LogP contribution in [0.15, 0.2) is 315 Å². The second-order valence-electron chi connectivity index (χ2n) is 19.9. The number of nitrogens with zero attached hydrogens (tertiary/aromatic N) is 2. The third kappa shape index (κ3) is 7.06. The molecule has 2 nitrogen and oxygen atoms in total. The Balaban J connectivity index is 1.00. The zero-order valence-corrected chi connectivity index (χ0v) is 43.9. The van der Waals surface area contributed by atoms with Gasteiger partial charge < -0.3 is 9.13 Å². The number of hydrogen-bond acceptors (Lipinski definition) is 0. The van der Waals surface area contributed by atoms with Crippen molar-refractivity contribution in [1.29, 1.82) is 0 Å². The van der Waals surface area contributed by atoms with Crippen molar-refractivity contribution in [3.63, 3.8) is 0 Å². The van der Waals surface area contributed by atoms with Crippen LogP contribution in [0.4, 0.5) is 0 Å². The van der Waals surface area contributed by atoms with Crippen LogP contribution in [0.25, 0.3) is 66.1 Å². The predicted molar refractivity (Wildman–Crippen MR) is 328 cm³/mol. The first-order valence-corrected chi connectivity index (χ1v) is 30.3. The minimum Gasteiger partial charge on any atom is -0.309 e. The number of hydrogen-bond donors (Lipinski definition) is 0. The summed E-state index contributed by atoms with van der Waals surface area (Å²) in [5, 5.41) is 15.9. The molecule has 0 amide bonds. The summed E-state index contributed by atoms with van der Waals surface area (Å²) in [7, 11) is -5.75. The van der Waals surface area contributed by atoms with Crippen LogP contribution in [-0.4, -0.2) is 25.3 Å². The summed E-state index contributed by atoms with van der Waals surface area (Å²) in [4.78, 5) is 0. The van der Waals surface area contributed by atoms with Gasteiger partial charge in [0.25, 0.3) is 0 Å². The lowest BCUT2D eigenvalue weighted by Crippen LogP contribution is -2.74. The molecule has 0 bridgehead atoms. The Labute approximate surface area is 445 Å². The summed E-state index contributed by atoms with van der Waals surface area (Å²) in [5.41, 5.74) is 9.46. The van der Waals surface area contributed by atoms with E-state index >= 15 is 0 Å². The van der Waals surface area contributed by atoms with Crippen LogP contribution in [0.1, 0.15) is 0 Å². The number of aromatic nitrogens is 2. The molecular weight excluding hydrogens is 949 g/mol. The van der Waals surface area contributed by atoms with Gasteiger partial charge in [0.2, 0.25) is 0 Å². The maximum atomic E-state index is 2.56. The molecule has 4 heteroatoms. The van der Waals surface area contributed by atoms with Gasteiger partial charge in [-0.25, -0.2) is 0 Å². The molecule has 0 radical (unpaired) electrons. The normalized spacial score (nSPS) is 11.9. The molecule has 2 heterocycles. The number of rotatable bonds is 11. The van der Waals surface area contributed by atoms with Crippen LogP contribution >= 0.6 is 0 Å². The fourth-order valence-corrected chi connectivity index (χ4v) is 22.6. The fraction of sp³-hybridized carbons (Fsp3) is 0. The van der Waals surface area contributed by atoms with Crippen LogP contribution in [-0.2, 0) is 0 Å². The molecule has 0 aliphatic heterocycles. The van der Waals surface area contributed by atoms with Crippen LogP contribution in [0.3, 0.4) is 0 Å². The van der Waals surface area contributed by atoms with E-state index in [2.05, 4.69) is 325 Å². The van der Waals surface area contributed by atoms with Gasteiger partial charge >= 0.3 is 0 Å². The molecule has 0 unspecified atom stereocenters. The molecule has 2 aromatic heterocycles. The van der Waals surface area contributed by atoms with Gasteiger partial charge in [0.05, 0.1) is 27.8 Å². The van der Waals surface area contributed by atoms with E-state index < -0.39 is 16.1 Å². The molecule has 0 saturated heterocycles. The van der Waals surface area contributed by atoms with E-state index in [0.29, 0.717) is 0 Å². The van der Waals surface area contributed by atoms with Gasteiger partial charge in [0.1, 0.15) is 0 Å². The molecule has 0 fully saturated rings. The van der Waals surface area contributed by atoms with Gasteiger partial charge in [-0.05, 0) is 95.1 Å². The topological polar surface area (TPSA) is 9.86 Å². The second kappa shape index (κ2) is 18.9.